The van der Waals surface area contributed by atoms with Gasteiger partial charge in [-0.15, -0.1) is 11.8 Å². The van der Waals surface area contributed by atoms with Gasteiger partial charge in [0.15, 0.2) is 0 Å². The summed E-state index contributed by atoms with van der Waals surface area (Å²) in [7, 11) is 0. The molecular weight excluding hydrogens is 350 g/mol. The summed E-state index contributed by atoms with van der Waals surface area (Å²) in [4.78, 5) is 12.8. The van der Waals surface area contributed by atoms with Crippen molar-refractivity contribution in [2.45, 2.75) is 56.6 Å². The largest absolute Gasteiger partial charge is 0.444 e. The van der Waals surface area contributed by atoms with Crippen LogP contribution in [0.4, 0.5) is 4.79 Å². The Morgan fingerprint density at radius 2 is 2.12 bits per heavy atom. The smallest absolute Gasteiger partial charge is 0.407 e. The number of aliphatic hydroxyl groups is 1. The van der Waals surface area contributed by atoms with Gasteiger partial charge in [-0.2, -0.15) is 0 Å². The van der Waals surface area contributed by atoms with Crippen LogP contribution in [-0.4, -0.2) is 42.3 Å². The molecule has 2 rings (SSSR count). The van der Waals surface area contributed by atoms with Gasteiger partial charge in [0, 0.05) is 30.4 Å². The number of amides is 1. The summed E-state index contributed by atoms with van der Waals surface area (Å²) >= 11 is 1.84. The van der Waals surface area contributed by atoms with E-state index >= 15 is 0 Å². The van der Waals surface area contributed by atoms with E-state index in [1.807, 2.05) is 50.7 Å². The van der Waals surface area contributed by atoms with E-state index in [0.29, 0.717) is 18.9 Å². The van der Waals surface area contributed by atoms with Gasteiger partial charge < -0.3 is 19.9 Å². The van der Waals surface area contributed by atoms with Gasteiger partial charge in [-0.25, -0.2) is 4.79 Å². The van der Waals surface area contributed by atoms with E-state index in [-0.39, 0.29) is 0 Å². The van der Waals surface area contributed by atoms with Gasteiger partial charge in [-0.3, -0.25) is 0 Å². The van der Waals surface area contributed by atoms with Gasteiger partial charge in [0.2, 0.25) is 0 Å². The molecule has 2 N–H and O–H groups in total. The summed E-state index contributed by atoms with van der Waals surface area (Å²) in [5.41, 5.74) is 0.367. The highest BCUT2D eigenvalue weighted by Crippen LogP contribution is 2.28. The summed E-state index contributed by atoms with van der Waals surface area (Å²) in [6.45, 7) is 7.58. The van der Waals surface area contributed by atoms with Crippen LogP contribution in [0.3, 0.4) is 0 Å². The maximum Gasteiger partial charge on any atom is 0.407 e. The zero-order valence-corrected chi connectivity index (χ0v) is 16.8. The Morgan fingerprint density at radius 1 is 1.38 bits per heavy atom. The van der Waals surface area contributed by atoms with Crippen LogP contribution >= 0.6 is 11.8 Å². The second kappa shape index (κ2) is 10.2. The fourth-order valence-electron chi connectivity index (χ4n) is 2.73. The van der Waals surface area contributed by atoms with E-state index in [2.05, 4.69) is 11.4 Å². The summed E-state index contributed by atoms with van der Waals surface area (Å²) in [5.74, 6) is 1.80. The third-order valence-corrected chi connectivity index (χ3v) is 5.38. The number of nitrogens with one attached hydrogen (secondary N) is 1. The minimum absolute atomic E-state index is 0.371. The first-order valence-corrected chi connectivity index (χ1v) is 10.3. The number of benzene rings is 1. The van der Waals surface area contributed by atoms with Crippen LogP contribution in [0.5, 0.6) is 0 Å². The first-order chi connectivity index (χ1) is 12.3. The van der Waals surface area contributed by atoms with Crippen molar-refractivity contribution in [1.82, 2.24) is 5.32 Å². The number of rotatable bonds is 7. The summed E-state index contributed by atoms with van der Waals surface area (Å²) in [6.07, 6.45) is 1.66. The van der Waals surface area contributed by atoms with Crippen molar-refractivity contribution in [2.24, 2.45) is 5.92 Å². The molecule has 1 aliphatic rings. The number of carbonyl (C=O) groups is 1. The number of carbonyl (C=O) groups excluding carboxylic acids is 1. The Kier molecular flexibility index (Phi) is 8.25. The molecule has 1 aromatic carbocycles. The molecule has 6 heteroatoms. The van der Waals surface area contributed by atoms with Crippen molar-refractivity contribution < 1.29 is 19.4 Å². The van der Waals surface area contributed by atoms with E-state index in [1.165, 1.54) is 4.90 Å². The van der Waals surface area contributed by atoms with E-state index in [4.69, 9.17) is 9.47 Å². The fourth-order valence-corrected chi connectivity index (χ4v) is 3.89. The van der Waals surface area contributed by atoms with Crippen molar-refractivity contribution in [3.63, 3.8) is 0 Å². The molecule has 5 nitrogen and oxygen atoms in total. The van der Waals surface area contributed by atoms with Crippen molar-refractivity contribution in [3.05, 3.63) is 29.8 Å². The molecule has 0 aromatic heterocycles. The van der Waals surface area contributed by atoms with Gasteiger partial charge in [-0.05, 0) is 63.6 Å². The third kappa shape index (κ3) is 7.98. The molecule has 0 bridgehead atoms. The van der Waals surface area contributed by atoms with Crippen LogP contribution in [0, 0.1) is 5.92 Å². The van der Waals surface area contributed by atoms with Gasteiger partial charge in [0.05, 0.1) is 6.10 Å². The Balaban J connectivity index is 1.76. The minimum atomic E-state index is -0.603. The van der Waals surface area contributed by atoms with Crippen molar-refractivity contribution in [2.75, 3.05) is 25.5 Å². The molecule has 1 saturated heterocycles. The van der Waals surface area contributed by atoms with Crippen LogP contribution in [0.25, 0.3) is 0 Å². The first kappa shape index (κ1) is 21.1. The first-order valence-electron chi connectivity index (χ1n) is 9.29. The lowest BCUT2D eigenvalue weighted by molar-refractivity contribution is 0.0518. The molecule has 0 radical (unpaired) electrons. The fraction of sp³-hybridized carbons (Fsp3) is 0.650. The molecule has 1 amide bonds. The predicted octanol–water partition coefficient (Wildman–Crippen LogP) is 4.15. The van der Waals surface area contributed by atoms with Crippen LogP contribution in [0.15, 0.2) is 29.2 Å². The number of aliphatic hydroxyl groups excluding tert-OH is 1. The highest BCUT2D eigenvalue weighted by atomic mass is 32.2. The van der Waals surface area contributed by atoms with Crippen molar-refractivity contribution >= 4 is 17.9 Å². The molecule has 0 saturated carbocycles. The Bertz CT molecular complexity index is 567. The normalized spacial score (nSPS) is 16.9. The second-order valence-corrected chi connectivity index (χ2v) is 8.77. The molecule has 146 valence electrons. The lowest BCUT2D eigenvalue weighted by atomic mass is 10.0. The lowest BCUT2D eigenvalue weighted by Crippen LogP contribution is -2.33. The highest BCUT2D eigenvalue weighted by molar-refractivity contribution is 7.99. The Labute approximate surface area is 160 Å². The molecule has 1 fully saturated rings. The average molecular weight is 382 g/mol. The average Bonchev–Trinajstić information content (AvgIpc) is 2.59. The number of hydrogen-bond donors (Lipinski definition) is 2. The molecule has 1 atom stereocenters. The summed E-state index contributed by atoms with van der Waals surface area (Å²) in [6, 6.07) is 8.03. The van der Waals surface area contributed by atoms with E-state index < -0.39 is 17.8 Å². The summed E-state index contributed by atoms with van der Waals surface area (Å²) < 4.78 is 10.6. The highest BCUT2D eigenvalue weighted by Gasteiger charge is 2.17. The monoisotopic (exact) mass is 381 g/mol. The molecular formula is C20H31NO4S. The Morgan fingerprint density at radius 3 is 2.81 bits per heavy atom. The zero-order chi connectivity index (χ0) is 19.0. The van der Waals surface area contributed by atoms with Crippen molar-refractivity contribution in [3.8, 4) is 0 Å². The maximum absolute atomic E-state index is 11.6. The van der Waals surface area contributed by atoms with E-state index in [9.17, 15) is 9.90 Å². The maximum atomic E-state index is 11.6. The standard InChI is InChI=1S/C20H31NO4S/c1-20(2,3)25-19(23)21-10-7-18(22)16-5-4-6-17(13-16)26-14-15-8-11-24-12-9-15/h4-6,13,15,18,22H,7-12,14H2,1-3H3,(H,21,23). The van der Waals surface area contributed by atoms with Gasteiger partial charge >= 0.3 is 6.09 Å². The van der Waals surface area contributed by atoms with E-state index in [0.717, 1.165) is 37.4 Å². The van der Waals surface area contributed by atoms with E-state index in [1.54, 1.807) is 0 Å². The quantitative estimate of drug-likeness (QED) is 0.695. The number of hydrogen-bond acceptors (Lipinski definition) is 5. The number of alkyl carbamates (subject to hydrolysis) is 1. The third-order valence-electron chi connectivity index (χ3n) is 4.16. The second-order valence-electron chi connectivity index (χ2n) is 7.67. The summed E-state index contributed by atoms with van der Waals surface area (Å²) in [5, 5.41) is 13.1. The van der Waals surface area contributed by atoms with Crippen LogP contribution in [-0.2, 0) is 9.47 Å². The molecule has 0 aliphatic carbocycles. The molecule has 0 spiro atoms. The lowest BCUT2D eigenvalue weighted by Gasteiger charge is -2.21. The van der Waals surface area contributed by atoms with Gasteiger partial charge in [0.25, 0.3) is 0 Å². The Hall–Kier alpha value is -1.24. The zero-order valence-electron chi connectivity index (χ0n) is 16.0. The predicted molar refractivity (Wildman–Crippen MR) is 105 cm³/mol. The van der Waals surface area contributed by atoms with Gasteiger partial charge in [-0.1, -0.05) is 12.1 Å². The number of thioether (sulfide) groups is 1. The number of ether oxygens (including phenoxy) is 2. The molecule has 1 aromatic rings. The molecule has 1 heterocycles. The topological polar surface area (TPSA) is 67.8 Å². The molecule has 1 aliphatic heterocycles. The van der Waals surface area contributed by atoms with Gasteiger partial charge in [0.1, 0.15) is 5.60 Å². The molecule has 26 heavy (non-hydrogen) atoms. The van der Waals surface area contributed by atoms with Crippen LogP contribution < -0.4 is 5.32 Å². The van der Waals surface area contributed by atoms with Crippen molar-refractivity contribution in [1.29, 1.82) is 0 Å². The SMILES string of the molecule is CC(C)(C)OC(=O)NCCC(O)c1cccc(SCC2CCOCC2)c1. The molecule has 1 unspecified atom stereocenters. The van der Waals surface area contributed by atoms with Crippen LogP contribution in [0.1, 0.15) is 51.7 Å². The van der Waals surface area contributed by atoms with Crippen LogP contribution in [0.2, 0.25) is 0 Å². The minimum Gasteiger partial charge on any atom is -0.444 e.